The van der Waals surface area contributed by atoms with Crippen LogP contribution in [-0.2, 0) is 14.2 Å². The van der Waals surface area contributed by atoms with Gasteiger partial charge in [0.15, 0.2) is 0 Å². The molecule has 1 N–H and O–H groups in total. The maximum absolute atomic E-state index is 12.7. The van der Waals surface area contributed by atoms with Gasteiger partial charge in [-0.2, -0.15) is 0 Å². The molecule has 0 atom stereocenters. The van der Waals surface area contributed by atoms with E-state index in [1.165, 1.54) is 13.2 Å². The van der Waals surface area contributed by atoms with Crippen LogP contribution in [0.15, 0.2) is 18.2 Å². The number of carbonyl (C=O) groups is 3. The largest absolute Gasteiger partial charge is 0.494 e. The highest BCUT2D eigenvalue weighted by Crippen LogP contribution is 2.35. The number of benzene rings is 1. The lowest BCUT2D eigenvalue weighted by atomic mass is 10.0. The van der Waals surface area contributed by atoms with E-state index < -0.39 is 17.9 Å². The fraction of sp³-hybridized carbons (Fsp3) is 0.333. The van der Waals surface area contributed by atoms with E-state index in [4.69, 9.17) is 18.9 Å². The van der Waals surface area contributed by atoms with Crippen LogP contribution in [0.1, 0.15) is 52.1 Å². The summed E-state index contributed by atoms with van der Waals surface area (Å²) in [4.78, 5) is 44.6. The van der Waals surface area contributed by atoms with Crippen molar-refractivity contribution in [3.63, 3.8) is 0 Å². The number of ether oxygens (including phenoxy) is 4. The SMILES string of the molecule is CCOC(=O)c1cc(C(=O)OCC)c2c(n1)c(OC)cc1cc(C(=O)OCC)[nH]c12. The Morgan fingerprint density at radius 1 is 0.900 bits per heavy atom. The third-order valence-electron chi connectivity index (χ3n) is 4.33. The molecule has 0 unspecified atom stereocenters. The predicted molar refractivity (Wildman–Crippen MR) is 108 cm³/mol. The zero-order valence-corrected chi connectivity index (χ0v) is 17.2. The average Bonchev–Trinajstić information content (AvgIpc) is 3.17. The molecule has 0 amide bonds. The molecule has 3 aromatic rings. The number of carbonyl (C=O) groups excluding carboxylic acids is 3. The summed E-state index contributed by atoms with van der Waals surface area (Å²) in [6.45, 7) is 5.57. The number of hydrogen-bond donors (Lipinski definition) is 1. The first-order chi connectivity index (χ1) is 14.4. The number of pyridine rings is 1. The van der Waals surface area contributed by atoms with Gasteiger partial charge in [-0.1, -0.05) is 0 Å². The van der Waals surface area contributed by atoms with Crippen LogP contribution in [0, 0.1) is 0 Å². The van der Waals surface area contributed by atoms with Crippen molar-refractivity contribution < 1.29 is 33.3 Å². The van der Waals surface area contributed by atoms with Crippen LogP contribution in [-0.4, -0.2) is 54.8 Å². The molecule has 0 radical (unpaired) electrons. The molecule has 0 saturated heterocycles. The summed E-state index contributed by atoms with van der Waals surface area (Å²) in [7, 11) is 1.45. The van der Waals surface area contributed by atoms with Gasteiger partial charge < -0.3 is 23.9 Å². The second kappa shape index (κ2) is 8.81. The molecule has 3 rings (SSSR count). The summed E-state index contributed by atoms with van der Waals surface area (Å²) in [6.07, 6.45) is 0. The minimum absolute atomic E-state index is 0.0535. The molecule has 0 bridgehead atoms. The fourth-order valence-corrected chi connectivity index (χ4v) is 3.13. The topological polar surface area (TPSA) is 117 Å². The van der Waals surface area contributed by atoms with Crippen LogP contribution < -0.4 is 4.74 Å². The first-order valence-corrected chi connectivity index (χ1v) is 9.50. The zero-order valence-electron chi connectivity index (χ0n) is 17.2. The average molecular weight is 414 g/mol. The number of H-pyrrole nitrogens is 1. The van der Waals surface area contributed by atoms with Gasteiger partial charge in [-0.3, -0.25) is 0 Å². The van der Waals surface area contributed by atoms with Gasteiger partial charge in [0.25, 0.3) is 0 Å². The molecular weight excluding hydrogens is 392 g/mol. The molecule has 9 nitrogen and oxygen atoms in total. The van der Waals surface area contributed by atoms with Crippen molar-refractivity contribution in [1.82, 2.24) is 9.97 Å². The minimum Gasteiger partial charge on any atom is -0.494 e. The quantitative estimate of drug-likeness (QED) is 0.462. The molecule has 9 heteroatoms. The van der Waals surface area contributed by atoms with Crippen molar-refractivity contribution in [3.05, 3.63) is 35.2 Å². The Hall–Kier alpha value is -3.62. The van der Waals surface area contributed by atoms with Gasteiger partial charge in [-0.15, -0.1) is 0 Å². The van der Waals surface area contributed by atoms with Crippen molar-refractivity contribution in [2.45, 2.75) is 20.8 Å². The van der Waals surface area contributed by atoms with Crippen LogP contribution >= 0.6 is 0 Å². The Kier molecular flexibility index (Phi) is 6.20. The van der Waals surface area contributed by atoms with Crippen LogP contribution in [0.4, 0.5) is 0 Å². The van der Waals surface area contributed by atoms with E-state index >= 15 is 0 Å². The molecule has 0 aliphatic carbocycles. The number of methoxy groups -OCH3 is 1. The Bertz CT molecular complexity index is 1130. The Morgan fingerprint density at radius 2 is 1.53 bits per heavy atom. The van der Waals surface area contributed by atoms with Crippen molar-refractivity contribution >= 4 is 39.7 Å². The second-order valence-electron chi connectivity index (χ2n) is 6.17. The number of nitrogens with one attached hydrogen (secondary N) is 1. The first-order valence-electron chi connectivity index (χ1n) is 9.50. The van der Waals surface area contributed by atoms with Gasteiger partial charge in [0, 0.05) is 10.8 Å². The number of fused-ring (bicyclic) bond motifs is 3. The Morgan fingerprint density at radius 3 is 2.17 bits per heavy atom. The van der Waals surface area contributed by atoms with E-state index in [-0.39, 0.29) is 42.3 Å². The Labute approximate surface area is 172 Å². The molecule has 0 saturated carbocycles. The molecule has 2 aromatic heterocycles. The van der Waals surface area contributed by atoms with Gasteiger partial charge in [0.2, 0.25) is 0 Å². The minimum atomic E-state index is -0.675. The van der Waals surface area contributed by atoms with Gasteiger partial charge >= 0.3 is 17.9 Å². The number of esters is 3. The molecule has 158 valence electrons. The molecule has 2 heterocycles. The molecular formula is C21H22N2O7. The van der Waals surface area contributed by atoms with Gasteiger partial charge in [-0.25, -0.2) is 19.4 Å². The number of aromatic nitrogens is 2. The highest BCUT2D eigenvalue weighted by Gasteiger charge is 2.24. The van der Waals surface area contributed by atoms with Crippen molar-refractivity contribution in [2.24, 2.45) is 0 Å². The number of aromatic amines is 1. The molecule has 1 aromatic carbocycles. The van der Waals surface area contributed by atoms with E-state index in [1.54, 1.807) is 32.9 Å². The lowest BCUT2D eigenvalue weighted by molar-refractivity contribution is 0.0508. The summed E-state index contributed by atoms with van der Waals surface area (Å²) in [6, 6.07) is 4.58. The molecule has 0 fully saturated rings. The lowest BCUT2D eigenvalue weighted by Crippen LogP contribution is -2.12. The summed E-state index contributed by atoms with van der Waals surface area (Å²) in [5.74, 6) is -1.53. The first kappa shape index (κ1) is 21.1. The van der Waals surface area contributed by atoms with Crippen LogP contribution in [0.3, 0.4) is 0 Å². The summed E-state index contributed by atoms with van der Waals surface area (Å²) < 4.78 is 20.7. The molecule has 0 aliphatic heterocycles. The summed E-state index contributed by atoms with van der Waals surface area (Å²) >= 11 is 0. The van der Waals surface area contributed by atoms with Gasteiger partial charge in [-0.05, 0) is 39.0 Å². The van der Waals surface area contributed by atoms with E-state index in [0.29, 0.717) is 22.0 Å². The van der Waals surface area contributed by atoms with Gasteiger partial charge in [0.05, 0.1) is 38.0 Å². The number of rotatable bonds is 7. The predicted octanol–water partition coefficient (Wildman–Crippen LogP) is 3.25. The summed E-state index contributed by atoms with van der Waals surface area (Å²) in [5, 5.41) is 0.977. The number of hydrogen-bond acceptors (Lipinski definition) is 8. The highest BCUT2D eigenvalue weighted by molar-refractivity contribution is 6.18. The van der Waals surface area contributed by atoms with E-state index in [2.05, 4.69) is 9.97 Å². The maximum atomic E-state index is 12.7. The van der Waals surface area contributed by atoms with Crippen molar-refractivity contribution in [3.8, 4) is 5.75 Å². The monoisotopic (exact) mass is 414 g/mol. The van der Waals surface area contributed by atoms with Crippen LogP contribution in [0.2, 0.25) is 0 Å². The third-order valence-corrected chi connectivity index (χ3v) is 4.33. The van der Waals surface area contributed by atoms with Crippen LogP contribution in [0.5, 0.6) is 5.75 Å². The molecule has 0 spiro atoms. The van der Waals surface area contributed by atoms with Crippen molar-refractivity contribution in [2.75, 3.05) is 26.9 Å². The van der Waals surface area contributed by atoms with Crippen molar-refractivity contribution in [1.29, 1.82) is 0 Å². The maximum Gasteiger partial charge on any atom is 0.356 e. The van der Waals surface area contributed by atoms with Gasteiger partial charge in [0.1, 0.15) is 22.7 Å². The lowest BCUT2D eigenvalue weighted by Gasteiger charge is -2.12. The smallest absolute Gasteiger partial charge is 0.356 e. The Balaban J connectivity index is 2.38. The normalized spacial score (nSPS) is 10.8. The van der Waals surface area contributed by atoms with E-state index in [9.17, 15) is 14.4 Å². The van der Waals surface area contributed by atoms with Crippen LogP contribution in [0.25, 0.3) is 21.8 Å². The standard InChI is InChI=1S/C21H22N2O7/c1-5-28-19(24)12-10-14(21(26)30-7-3)23-18-15(27-4)9-11-8-13(20(25)29-6-2)22-17(11)16(12)18/h8-10,22H,5-7H2,1-4H3. The molecule has 30 heavy (non-hydrogen) atoms. The second-order valence-corrected chi connectivity index (χ2v) is 6.17. The fourth-order valence-electron chi connectivity index (χ4n) is 3.13. The number of nitrogens with zero attached hydrogens (tertiary/aromatic N) is 1. The highest BCUT2D eigenvalue weighted by atomic mass is 16.5. The third kappa shape index (κ3) is 3.78. The van der Waals surface area contributed by atoms with E-state index in [0.717, 1.165) is 0 Å². The zero-order chi connectivity index (χ0) is 21.8. The molecule has 0 aliphatic rings. The summed E-state index contributed by atoms with van der Waals surface area (Å²) in [5.41, 5.74) is 0.995. The van der Waals surface area contributed by atoms with E-state index in [1.807, 2.05) is 0 Å².